The van der Waals surface area contributed by atoms with Gasteiger partial charge in [-0.05, 0) is 55.6 Å². The topological polar surface area (TPSA) is 81.9 Å². The summed E-state index contributed by atoms with van der Waals surface area (Å²) >= 11 is 1.52. The number of piperidine rings is 1. The minimum atomic E-state index is -0.306. The summed E-state index contributed by atoms with van der Waals surface area (Å²) in [5.74, 6) is -0.306. The maximum atomic E-state index is 12.5. The largest absolute Gasteiger partial charge is 0.462 e. The van der Waals surface area contributed by atoms with E-state index in [4.69, 9.17) is 15.2 Å². The van der Waals surface area contributed by atoms with Crippen molar-refractivity contribution in [3.05, 3.63) is 51.9 Å². The van der Waals surface area contributed by atoms with E-state index in [1.54, 1.807) is 6.92 Å². The predicted molar refractivity (Wildman–Crippen MR) is 139 cm³/mol. The summed E-state index contributed by atoms with van der Waals surface area (Å²) in [7, 11) is 0. The molecule has 7 heteroatoms. The second kappa shape index (κ2) is 13.4. The lowest BCUT2D eigenvalue weighted by Gasteiger charge is -2.43. The van der Waals surface area contributed by atoms with Crippen molar-refractivity contribution < 1.29 is 19.1 Å². The zero-order valence-corrected chi connectivity index (χ0v) is 22.1. The fourth-order valence-electron chi connectivity index (χ4n) is 4.59. The number of amides is 1. The van der Waals surface area contributed by atoms with Crippen molar-refractivity contribution in [1.82, 2.24) is 4.90 Å². The van der Waals surface area contributed by atoms with Gasteiger partial charge in [0, 0.05) is 18.0 Å². The van der Waals surface area contributed by atoms with Gasteiger partial charge >= 0.3 is 12.1 Å². The molecule has 2 N–H and O–H groups in total. The lowest BCUT2D eigenvalue weighted by molar-refractivity contribution is 0.0511. The Balaban J connectivity index is 0.000000970. The van der Waals surface area contributed by atoms with Gasteiger partial charge in [-0.2, -0.15) is 0 Å². The Hall–Kier alpha value is -2.54. The first-order valence-electron chi connectivity index (χ1n) is 12.5. The zero-order chi connectivity index (χ0) is 25.1. The van der Waals surface area contributed by atoms with Crippen LogP contribution in [0.15, 0.2) is 30.3 Å². The number of ether oxygens (including phenoxy) is 2. The highest BCUT2D eigenvalue weighted by molar-refractivity contribution is 7.16. The number of carbonyl (C=O) groups is 2. The number of anilines is 1. The van der Waals surface area contributed by atoms with E-state index in [0.29, 0.717) is 36.9 Å². The molecule has 6 nitrogen and oxygen atoms in total. The van der Waals surface area contributed by atoms with Gasteiger partial charge in [0.25, 0.3) is 0 Å². The third kappa shape index (κ3) is 6.53. The lowest BCUT2D eigenvalue weighted by atomic mass is 9.68. The van der Waals surface area contributed by atoms with Gasteiger partial charge in [0.05, 0.1) is 12.2 Å². The van der Waals surface area contributed by atoms with Crippen LogP contribution in [0.1, 0.15) is 80.2 Å². The van der Waals surface area contributed by atoms with E-state index >= 15 is 0 Å². The summed E-state index contributed by atoms with van der Waals surface area (Å²) in [5, 5.41) is 0.567. The molecule has 1 aromatic heterocycles. The van der Waals surface area contributed by atoms with Crippen LogP contribution in [0.5, 0.6) is 0 Å². The molecule has 1 spiro atoms. The van der Waals surface area contributed by atoms with Crippen LogP contribution in [0.2, 0.25) is 0 Å². The van der Waals surface area contributed by atoms with E-state index in [-0.39, 0.29) is 17.5 Å². The Bertz CT molecular complexity index is 918. The van der Waals surface area contributed by atoms with Gasteiger partial charge < -0.3 is 20.1 Å². The molecule has 1 fully saturated rings. The van der Waals surface area contributed by atoms with Crippen LogP contribution in [-0.2, 0) is 28.9 Å². The van der Waals surface area contributed by atoms with E-state index in [2.05, 4.69) is 0 Å². The van der Waals surface area contributed by atoms with E-state index < -0.39 is 0 Å². The van der Waals surface area contributed by atoms with Crippen LogP contribution < -0.4 is 5.73 Å². The summed E-state index contributed by atoms with van der Waals surface area (Å²) in [6.45, 7) is 11.9. The third-order valence-corrected chi connectivity index (χ3v) is 7.39. The highest BCUT2D eigenvalue weighted by Crippen LogP contribution is 2.48. The number of rotatable bonds is 4. The predicted octanol–water partition coefficient (Wildman–Crippen LogP) is 6.47. The molecule has 1 aliphatic heterocycles. The minimum absolute atomic E-state index is 0.173. The van der Waals surface area contributed by atoms with Gasteiger partial charge in [0.2, 0.25) is 0 Å². The minimum Gasteiger partial charge on any atom is -0.462 e. The molecule has 0 bridgehead atoms. The summed E-state index contributed by atoms with van der Waals surface area (Å²) in [4.78, 5) is 27.8. The average molecular weight is 489 g/mol. The number of benzene rings is 1. The molecule has 34 heavy (non-hydrogen) atoms. The van der Waals surface area contributed by atoms with Crippen molar-refractivity contribution in [3.8, 4) is 0 Å². The standard InChI is InChI=1S/C23H28N2O4S.2C2H6/c1-2-28-21(26)19-17-8-9-23(14-18(17)30-20(19)24)10-12-25(13-11-23)22(27)29-15-16-6-4-3-5-7-16;2*1-2/h3-7H,2,8-15,24H2,1H3;2*1-2H3. The Kier molecular flexibility index (Phi) is 10.9. The molecule has 1 aliphatic carbocycles. The Morgan fingerprint density at radius 1 is 1.03 bits per heavy atom. The molecular formula is C27H40N2O4S. The van der Waals surface area contributed by atoms with E-state index in [1.807, 2.05) is 62.9 Å². The average Bonchev–Trinajstić information content (AvgIpc) is 3.20. The van der Waals surface area contributed by atoms with Gasteiger partial charge in [-0.15, -0.1) is 11.3 Å². The molecule has 2 aromatic rings. The third-order valence-electron chi connectivity index (χ3n) is 6.33. The molecule has 1 amide bonds. The maximum Gasteiger partial charge on any atom is 0.410 e. The molecule has 2 aliphatic rings. The number of thiophene rings is 1. The first-order valence-corrected chi connectivity index (χ1v) is 13.4. The highest BCUT2D eigenvalue weighted by Gasteiger charge is 2.41. The van der Waals surface area contributed by atoms with Gasteiger partial charge in [0.15, 0.2) is 0 Å². The molecule has 1 saturated heterocycles. The first-order chi connectivity index (χ1) is 16.5. The van der Waals surface area contributed by atoms with E-state index in [0.717, 1.165) is 43.2 Å². The number of carbonyl (C=O) groups excluding carboxylic acids is 2. The summed E-state index contributed by atoms with van der Waals surface area (Å²) < 4.78 is 10.7. The smallest absolute Gasteiger partial charge is 0.410 e. The molecule has 0 radical (unpaired) electrons. The Labute approximate surface area is 208 Å². The summed E-state index contributed by atoms with van der Waals surface area (Å²) in [5.41, 5.74) is 8.98. The van der Waals surface area contributed by atoms with E-state index in [1.165, 1.54) is 16.2 Å². The van der Waals surface area contributed by atoms with Gasteiger partial charge in [-0.1, -0.05) is 58.0 Å². The molecule has 0 atom stereocenters. The van der Waals surface area contributed by atoms with Gasteiger partial charge in [0.1, 0.15) is 11.6 Å². The van der Waals surface area contributed by atoms with Crippen LogP contribution >= 0.6 is 11.3 Å². The number of likely N-dealkylation sites (tertiary alicyclic amines) is 1. The number of fused-ring (bicyclic) bond motifs is 1. The monoisotopic (exact) mass is 488 g/mol. The molecule has 0 unspecified atom stereocenters. The second-order valence-electron chi connectivity index (χ2n) is 8.17. The van der Waals surface area contributed by atoms with Crippen LogP contribution in [0.4, 0.5) is 9.80 Å². The fourth-order valence-corrected chi connectivity index (χ4v) is 5.87. The summed E-state index contributed by atoms with van der Waals surface area (Å²) in [6, 6.07) is 9.73. The summed E-state index contributed by atoms with van der Waals surface area (Å²) in [6.07, 6.45) is 4.42. The number of nitrogen functional groups attached to an aromatic ring is 1. The number of nitrogens with zero attached hydrogens (tertiary/aromatic N) is 1. The SMILES string of the molecule is CC.CC.CCOC(=O)c1c(N)sc2c1CCC1(CCN(C(=O)OCc3ccccc3)CC1)C2. The molecule has 1 aromatic carbocycles. The quantitative estimate of drug-likeness (QED) is 0.499. The zero-order valence-electron chi connectivity index (χ0n) is 21.3. The molecule has 188 valence electrons. The maximum absolute atomic E-state index is 12.5. The van der Waals surface area contributed by atoms with Gasteiger partial charge in [-0.3, -0.25) is 0 Å². The van der Waals surface area contributed by atoms with Crippen LogP contribution in [-0.4, -0.2) is 36.7 Å². The normalized spacial score (nSPS) is 15.7. The Morgan fingerprint density at radius 3 is 2.29 bits per heavy atom. The molecule has 2 heterocycles. The van der Waals surface area contributed by atoms with E-state index in [9.17, 15) is 9.59 Å². The van der Waals surface area contributed by atoms with Crippen molar-refractivity contribution >= 4 is 28.4 Å². The molecule has 4 rings (SSSR count). The van der Waals surface area contributed by atoms with Crippen molar-refractivity contribution in [2.45, 2.75) is 73.3 Å². The van der Waals surface area contributed by atoms with Crippen LogP contribution in [0.3, 0.4) is 0 Å². The van der Waals surface area contributed by atoms with Crippen molar-refractivity contribution in [3.63, 3.8) is 0 Å². The number of hydrogen-bond donors (Lipinski definition) is 1. The van der Waals surface area contributed by atoms with Crippen LogP contribution in [0.25, 0.3) is 0 Å². The number of nitrogens with two attached hydrogens (primary N) is 1. The number of esters is 1. The first kappa shape index (κ1) is 27.7. The Morgan fingerprint density at radius 2 is 1.68 bits per heavy atom. The van der Waals surface area contributed by atoms with Gasteiger partial charge in [-0.25, -0.2) is 9.59 Å². The van der Waals surface area contributed by atoms with Crippen LogP contribution in [0, 0.1) is 5.41 Å². The lowest BCUT2D eigenvalue weighted by Crippen LogP contribution is -2.45. The number of hydrogen-bond acceptors (Lipinski definition) is 6. The molecule has 0 saturated carbocycles. The fraction of sp³-hybridized carbons (Fsp3) is 0.556. The van der Waals surface area contributed by atoms with Crippen molar-refractivity contribution in [2.24, 2.45) is 5.41 Å². The molecular weight excluding hydrogens is 448 g/mol. The highest BCUT2D eigenvalue weighted by atomic mass is 32.1. The second-order valence-corrected chi connectivity index (χ2v) is 9.30. The van der Waals surface area contributed by atoms with Crippen molar-refractivity contribution in [2.75, 3.05) is 25.4 Å². The van der Waals surface area contributed by atoms with Crippen molar-refractivity contribution in [1.29, 1.82) is 0 Å².